The van der Waals surface area contributed by atoms with E-state index in [4.69, 9.17) is 16.9 Å². The minimum absolute atomic E-state index is 0.357. The highest BCUT2D eigenvalue weighted by atomic mass is 35.5. The van der Waals surface area contributed by atoms with Crippen LogP contribution < -0.4 is 5.32 Å². The van der Waals surface area contributed by atoms with Crippen LogP contribution in [0.4, 0.5) is 5.82 Å². The van der Waals surface area contributed by atoms with E-state index in [0.717, 1.165) is 13.1 Å². The number of halogens is 1. The molecule has 0 radical (unpaired) electrons. The fourth-order valence-electron chi connectivity index (χ4n) is 2.42. The van der Waals surface area contributed by atoms with Crippen LogP contribution in [-0.4, -0.2) is 35.6 Å². The zero-order valence-electron chi connectivity index (χ0n) is 10.5. The van der Waals surface area contributed by atoms with Gasteiger partial charge in [0, 0.05) is 12.6 Å². The molecule has 1 fully saturated rings. The van der Waals surface area contributed by atoms with Crippen molar-refractivity contribution in [2.24, 2.45) is 0 Å². The molecule has 0 aliphatic carbocycles. The first-order valence-electron chi connectivity index (χ1n) is 6.28. The second-order valence-corrected chi connectivity index (χ2v) is 4.87. The molecule has 1 saturated heterocycles. The normalized spacial score (nSPS) is 19.7. The summed E-state index contributed by atoms with van der Waals surface area (Å²) in [6.45, 7) is 5.30. The molecule has 1 aliphatic rings. The molecule has 96 valence electrons. The zero-order chi connectivity index (χ0) is 13.0. The summed E-state index contributed by atoms with van der Waals surface area (Å²) in [4.78, 5) is 6.64. The molecule has 2 heterocycles. The largest absolute Gasteiger partial charge is 0.368 e. The highest BCUT2D eigenvalue weighted by Gasteiger charge is 2.22. The van der Waals surface area contributed by atoms with Crippen molar-refractivity contribution in [3.8, 4) is 6.07 Å². The molecule has 1 aliphatic heterocycles. The number of hydrogen-bond donors (Lipinski definition) is 1. The predicted molar refractivity (Wildman–Crippen MR) is 72.7 cm³/mol. The van der Waals surface area contributed by atoms with Crippen molar-refractivity contribution in [2.45, 2.75) is 25.8 Å². The molecular weight excluding hydrogens is 248 g/mol. The molecule has 0 saturated carbocycles. The first kappa shape index (κ1) is 13.1. The highest BCUT2D eigenvalue weighted by Crippen LogP contribution is 2.18. The summed E-state index contributed by atoms with van der Waals surface area (Å²) in [5, 5.41) is 12.5. The van der Waals surface area contributed by atoms with Gasteiger partial charge in [0.25, 0.3) is 0 Å². The van der Waals surface area contributed by atoms with Crippen LogP contribution in [0.3, 0.4) is 0 Å². The smallest absolute Gasteiger partial charge is 0.132 e. The van der Waals surface area contributed by atoms with E-state index < -0.39 is 0 Å². The molecule has 2 rings (SSSR count). The molecular formula is C13H17ClN4. The van der Waals surface area contributed by atoms with Crippen LogP contribution in [0.25, 0.3) is 0 Å². The average molecular weight is 265 g/mol. The van der Waals surface area contributed by atoms with Crippen molar-refractivity contribution in [1.29, 1.82) is 5.26 Å². The maximum Gasteiger partial charge on any atom is 0.132 e. The Morgan fingerprint density at radius 3 is 3.17 bits per heavy atom. The third kappa shape index (κ3) is 3.12. The number of likely N-dealkylation sites (N-methyl/N-ethyl adjacent to an activating group) is 1. The van der Waals surface area contributed by atoms with Crippen LogP contribution in [0.5, 0.6) is 0 Å². The van der Waals surface area contributed by atoms with E-state index in [-0.39, 0.29) is 0 Å². The Labute approximate surface area is 113 Å². The molecule has 1 aromatic heterocycles. The van der Waals surface area contributed by atoms with Gasteiger partial charge < -0.3 is 5.32 Å². The Morgan fingerprint density at radius 1 is 1.61 bits per heavy atom. The van der Waals surface area contributed by atoms with Crippen molar-refractivity contribution in [3.05, 3.63) is 22.8 Å². The summed E-state index contributed by atoms with van der Waals surface area (Å²) < 4.78 is 0. The second-order valence-electron chi connectivity index (χ2n) is 4.48. The van der Waals surface area contributed by atoms with E-state index in [1.165, 1.54) is 19.4 Å². The van der Waals surface area contributed by atoms with Gasteiger partial charge in [-0.05, 0) is 38.1 Å². The Hall–Kier alpha value is -1.31. The maximum atomic E-state index is 8.87. The fourth-order valence-corrected chi connectivity index (χ4v) is 2.63. The average Bonchev–Trinajstić information content (AvgIpc) is 2.83. The lowest BCUT2D eigenvalue weighted by molar-refractivity contribution is 0.277. The van der Waals surface area contributed by atoms with E-state index in [1.807, 2.05) is 0 Å². The number of nitrogens with one attached hydrogen (secondary N) is 1. The third-order valence-corrected chi connectivity index (χ3v) is 3.54. The second kappa shape index (κ2) is 6.03. The van der Waals surface area contributed by atoms with Gasteiger partial charge in [-0.1, -0.05) is 18.5 Å². The van der Waals surface area contributed by atoms with Gasteiger partial charge in [-0.15, -0.1) is 0 Å². The number of hydrogen-bond acceptors (Lipinski definition) is 4. The first-order valence-corrected chi connectivity index (χ1v) is 6.66. The number of anilines is 1. The van der Waals surface area contributed by atoms with Gasteiger partial charge >= 0.3 is 0 Å². The molecule has 18 heavy (non-hydrogen) atoms. The number of nitriles is 1. The highest BCUT2D eigenvalue weighted by molar-refractivity contribution is 6.29. The molecule has 1 N–H and O–H groups in total. The predicted octanol–water partition coefficient (Wildman–Crippen LogP) is 2.50. The summed E-state index contributed by atoms with van der Waals surface area (Å²) in [6, 6.07) is 5.94. The number of nitrogens with zero attached hydrogens (tertiary/aromatic N) is 3. The number of rotatable bonds is 4. The monoisotopic (exact) mass is 264 g/mol. The Morgan fingerprint density at radius 2 is 2.44 bits per heavy atom. The molecule has 0 bridgehead atoms. The van der Waals surface area contributed by atoms with Crippen molar-refractivity contribution in [3.63, 3.8) is 0 Å². The zero-order valence-corrected chi connectivity index (χ0v) is 11.2. The summed E-state index contributed by atoms with van der Waals surface area (Å²) >= 11 is 5.87. The fraction of sp³-hybridized carbons (Fsp3) is 0.538. The molecule has 1 unspecified atom stereocenters. The standard InChI is InChI=1S/C13H17ClN4/c1-2-18-5-3-4-11(18)9-16-13-7-10(8-15)6-12(14)17-13/h6-7,11H,2-5,9H2,1H3,(H,16,17). The molecule has 0 spiro atoms. The summed E-state index contributed by atoms with van der Waals surface area (Å²) in [7, 11) is 0. The molecule has 0 amide bonds. The lowest BCUT2D eigenvalue weighted by atomic mass is 10.2. The van der Waals surface area contributed by atoms with E-state index in [9.17, 15) is 0 Å². The minimum atomic E-state index is 0.357. The molecule has 4 nitrogen and oxygen atoms in total. The van der Waals surface area contributed by atoms with E-state index in [0.29, 0.717) is 22.6 Å². The number of pyridine rings is 1. The lowest BCUT2D eigenvalue weighted by Crippen LogP contribution is -2.34. The van der Waals surface area contributed by atoms with Crippen molar-refractivity contribution < 1.29 is 0 Å². The van der Waals surface area contributed by atoms with Gasteiger partial charge in [0.05, 0.1) is 11.6 Å². The summed E-state index contributed by atoms with van der Waals surface area (Å²) in [5.41, 5.74) is 0.538. The van der Waals surface area contributed by atoms with E-state index in [2.05, 4.69) is 28.2 Å². The van der Waals surface area contributed by atoms with Gasteiger partial charge in [-0.25, -0.2) is 4.98 Å². The van der Waals surface area contributed by atoms with Crippen LogP contribution in [0.2, 0.25) is 5.15 Å². The third-order valence-electron chi connectivity index (χ3n) is 3.35. The van der Waals surface area contributed by atoms with Gasteiger partial charge in [-0.2, -0.15) is 5.26 Å². The van der Waals surface area contributed by atoms with Crippen LogP contribution >= 0.6 is 11.6 Å². The Balaban J connectivity index is 1.98. The molecule has 1 aromatic rings. The van der Waals surface area contributed by atoms with Crippen molar-refractivity contribution in [1.82, 2.24) is 9.88 Å². The van der Waals surface area contributed by atoms with Gasteiger partial charge in [0.1, 0.15) is 11.0 Å². The quantitative estimate of drug-likeness (QED) is 0.849. The lowest BCUT2D eigenvalue weighted by Gasteiger charge is -2.23. The van der Waals surface area contributed by atoms with Gasteiger partial charge in [0.2, 0.25) is 0 Å². The molecule has 0 aromatic carbocycles. The first-order chi connectivity index (χ1) is 8.72. The van der Waals surface area contributed by atoms with E-state index in [1.54, 1.807) is 12.1 Å². The molecule has 5 heteroatoms. The van der Waals surface area contributed by atoms with Crippen molar-refractivity contribution >= 4 is 17.4 Å². The number of aromatic nitrogens is 1. The molecule has 1 atom stereocenters. The van der Waals surface area contributed by atoms with Crippen LogP contribution in [-0.2, 0) is 0 Å². The van der Waals surface area contributed by atoms with Crippen LogP contribution in [0.1, 0.15) is 25.3 Å². The van der Waals surface area contributed by atoms with Gasteiger partial charge in [-0.3, -0.25) is 4.90 Å². The van der Waals surface area contributed by atoms with Crippen LogP contribution in [0.15, 0.2) is 12.1 Å². The summed E-state index contributed by atoms with van der Waals surface area (Å²) in [6.07, 6.45) is 2.47. The minimum Gasteiger partial charge on any atom is -0.368 e. The van der Waals surface area contributed by atoms with Crippen molar-refractivity contribution in [2.75, 3.05) is 25.0 Å². The van der Waals surface area contributed by atoms with E-state index >= 15 is 0 Å². The SMILES string of the molecule is CCN1CCCC1CNc1cc(C#N)cc(Cl)n1. The topological polar surface area (TPSA) is 52.0 Å². The number of likely N-dealkylation sites (tertiary alicyclic amines) is 1. The van der Waals surface area contributed by atoms with Crippen LogP contribution in [0, 0.1) is 11.3 Å². The Bertz CT molecular complexity index is 455. The maximum absolute atomic E-state index is 8.87. The summed E-state index contributed by atoms with van der Waals surface area (Å²) in [5.74, 6) is 0.682. The van der Waals surface area contributed by atoms with Gasteiger partial charge in [0.15, 0.2) is 0 Å². The Kier molecular flexibility index (Phi) is 4.40.